The first-order chi connectivity index (χ1) is 6.81. The predicted octanol–water partition coefficient (Wildman–Crippen LogP) is 3.65. The number of carbonyl (C=O) groups excluding carboxylic acids is 1. The Morgan fingerprint density at radius 1 is 1.07 bits per heavy atom. The molecule has 0 fully saturated rings. The number of carbonyl (C=O) groups is 1. The van der Waals surface area contributed by atoms with Crippen molar-refractivity contribution in [1.82, 2.24) is 0 Å². The minimum absolute atomic E-state index is 0.782. The summed E-state index contributed by atoms with van der Waals surface area (Å²) in [6, 6.07) is 5.90. The zero-order chi connectivity index (χ0) is 11.0. The SMILES string of the molecule is CC.CCc1ccc(C=O)cc1CC. The van der Waals surface area contributed by atoms with Crippen molar-refractivity contribution in [3.63, 3.8) is 0 Å². The molecule has 0 N–H and O–H groups in total. The van der Waals surface area contributed by atoms with E-state index in [-0.39, 0.29) is 0 Å². The van der Waals surface area contributed by atoms with Gasteiger partial charge in [0, 0.05) is 5.56 Å². The van der Waals surface area contributed by atoms with Crippen molar-refractivity contribution in [2.24, 2.45) is 0 Å². The van der Waals surface area contributed by atoms with Gasteiger partial charge in [-0.2, -0.15) is 0 Å². The van der Waals surface area contributed by atoms with E-state index in [0.29, 0.717) is 0 Å². The van der Waals surface area contributed by atoms with Crippen LogP contribution in [0.1, 0.15) is 49.2 Å². The summed E-state index contributed by atoms with van der Waals surface area (Å²) in [5, 5.41) is 0. The van der Waals surface area contributed by atoms with Crippen molar-refractivity contribution in [2.75, 3.05) is 0 Å². The predicted molar refractivity (Wildman–Crippen MR) is 61.9 cm³/mol. The van der Waals surface area contributed by atoms with Gasteiger partial charge >= 0.3 is 0 Å². The minimum atomic E-state index is 0.782. The van der Waals surface area contributed by atoms with Crippen molar-refractivity contribution < 1.29 is 4.79 Å². The molecule has 0 saturated carbocycles. The Labute approximate surface area is 87.2 Å². The molecule has 0 aromatic heterocycles. The standard InChI is InChI=1S/C11H14O.C2H6/c1-3-10-6-5-9(8-12)7-11(10)4-2;1-2/h5-8H,3-4H2,1-2H3;1-2H3. The van der Waals surface area contributed by atoms with Gasteiger partial charge in [0.25, 0.3) is 0 Å². The van der Waals surface area contributed by atoms with Crippen LogP contribution in [0.5, 0.6) is 0 Å². The van der Waals surface area contributed by atoms with E-state index in [4.69, 9.17) is 0 Å². The molecule has 0 aliphatic heterocycles. The van der Waals surface area contributed by atoms with Crippen LogP contribution in [0, 0.1) is 0 Å². The maximum atomic E-state index is 10.5. The number of hydrogen-bond acceptors (Lipinski definition) is 1. The average Bonchev–Trinajstić information content (AvgIpc) is 2.30. The van der Waals surface area contributed by atoms with Gasteiger partial charge in [-0.1, -0.05) is 39.8 Å². The first-order valence-corrected chi connectivity index (χ1v) is 5.38. The van der Waals surface area contributed by atoms with Gasteiger partial charge in [-0.15, -0.1) is 0 Å². The van der Waals surface area contributed by atoms with Crippen molar-refractivity contribution >= 4 is 6.29 Å². The third-order valence-corrected chi connectivity index (χ3v) is 2.13. The topological polar surface area (TPSA) is 17.1 Å². The normalized spacial score (nSPS) is 8.86. The molecule has 1 rings (SSSR count). The highest BCUT2D eigenvalue weighted by Crippen LogP contribution is 2.12. The zero-order valence-electron chi connectivity index (χ0n) is 9.63. The van der Waals surface area contributed by atoms with Gasteiger partial charge in [-0.3, -0.25) is 4.79 Å². The maximum Gasteiger partial charge on any atom is 0.150 e. The zero-order valence-corrected chi connectivity index (χ0v) is 9.63. The van der Waals surface area contributed by atoms with Crippen LogP contribution in [-0.2, 0) is 12.8 Å². The molecule has 78 valence electrons. The first-order valence-electron chi connectivity index (χ1n) is 5.38. The summed E-state index contributed by atoms with van der Waals surface area (Å²) in [6.07, 6.45) is 2.95. The summed E-state index contributed by atoms with van der Waals surface area (Å²) >= 11 is 0. The monoisotopic (exact) mass is 192 g/mol. The largest absolute Gasteiger partial charge is 0.298 e. The molecule has 14 heavy (non-hydrogen) atoms. The van der Waals surface area contributed by atoms with E-state index >= 15 is 0 Å². The Hall–Kier alpha value is -1.11. The number of benzene rings is 1. The molecule has 0 saturated heterocycles. The molecule has 1 aromatic carbocycles. The van der Waals surface area contributed by atoms with Crippen molar-refractivity contribution in [3.8, 4) is 0 Å². The van der Waals surface area contributed by atoms with Crippen LogP contribution in [0.2, 0.25) is 0 Å². The maximum absolute atomic E-state index is 10.5. The molecular formula is C13H20O. The molecule has 1 aromatic rings. The number of hydrogen-bond donors (Lipinski definition) is 0. The van der Waals surface area contributed by atoms with E-state index in [9.17, 15) is 4.79 Å². The third kappa shape index (κ3) is 3.33. The highest BCUT2D eigenvalue weighted by Gasteiger charge is 1.99. The highest BCUT2D eigenvalue weighted by atomic mass is 16.1. The van der Waals surface area contributed by atoms with Crippen molar-refractivity contribution in [2.45, 2.75) is 40.5 Å². The summed E-state index contributed by atoms with van der Waals surface area (Å²) < 4.78 is 0. The van der Waals surface area contributed by atoms with Gasteiger partial charge < -0.3 is 0 Å². The van der Waals surface area contributed by atoms with Gasteiger partial charge in [-0.25, -0.2) is 0 Å². The molecule has 0 aliphatic rings. The Bertz CT molecular complexity index is 277. The second kappa shape index (κ2) is 7.31. The number of aldehydes is 1. The summed E-state index contributed by atoms with van der Waals surface area (Å²) in [7, 11) is 0. The molecule has 1 nitrogen and oxygen atoms in total. The van der Waals surface area contributed by atoms with Crippen LogP contribution in [-0.4, -0.2) is 6.29 Å². The smallest absolute Gasteiger partial charge is 0.150 e. The fraction of sp³-hybridized carbons (Fsp3) is 0.462. The van der Waals surface area contributed by atoms with Gasteiger partial charge in [0.1, 0.15) is 6.29 Å². The molecule has 0 spiro atoms. The van der Waals surface area contributed by atoms with Crippen LogP contribution in [0.25, 0.3) is 0 Å². The lowest BCUT2D eigenvalue weighted by molar-refractivity contribution is 0.112. The van der Waals surface area contributed by atoms with Gasteiger partial charge in [0.2, 0.25) is 0 Å². The lowest BCUT2D eigenvalue weighted by Gasteiger charge is -2.04. The highest BCUT2D eigenvalue weighted by molar-refractivity contribution is 5.75. The molecule has 0 aliphatic carbocycles. The first kappa shape index (κ1) is 12.9. The van der Waals surface area contributed by atoms with Crippen LogP contribution < -0.4 is 0 Å². The second-order valence-corrected chi connectivity index (χ2v) is 2.85. The third-order valence-electron chi connectivity index (χ3n) is 2.13. The Morgan fingerprint density at radius 3 is 2.07 bits per heavy atom. The number of rotatable bonds is 3. The molecule has 1 heteroatoms. The molecule has 0 atom stereocenters. The summed E-state index contributed by atoms with van der Waals surface area (Å²) in [5.41, 5.74) is 3.43. The summed E-state index contributed by atoms with van der Waals surface area (Å²) in [4.78, 5) is 10.5. The van der Waals surface area contributed by atoms with E-state index in [1.54, 1.807) is 0 Å². The summed E-state index contributed by atoms with van der Waals surface area (Å²) in [6.45, 7) is 8.25. The molecule has 0 heterocycles. The molecular weight excluding hydrogens is 172 g/mol. The van der Waals surface area contributed by atoms with Crippen molar-refractivity contribution in [1.29, 1.82) is 0 Å². The van der Waals surface area contributed by atoms with E-state index < -0.39 is 0 Å². The lowest BCUT2D eigenvalue weighted by Crippen LogP contribution is -1.92. The molecule has 0 bridgehead atoms. The quantitative estimate of drug-likeness (QED) is 0.668. The van der Waals surface area contributed by atoms with Crippen LogP contribution in [0.4, 0.5) is 0 Å². The molecule has 0 unspecified atom stereocenters. The van der Waals surface area contributed by atoms with E-state index in [1.807, 2.05) is 32.0 Å². The van der Waals surface area contributed by atoms with E-state index in [1.165, 1.54) is 11.1 Å². The summed E-state index contributed by atoms with van der Waals surface area (Å²) in [5.74, 6) is 0. The van der Waals surface area contributed by atoms with Crippen LogP contribution in [0.3, 0.4) is 0 Å². The molecule has 0 amide bonds. The van der Waals surface area contributed by atoms with Crippen LogP contribution >= 0.6 is 0 Å². The van der Waals surface area contributed by atoms with Gasteiger partial charge in [0.15, 0.2) is 0 Å². The van der Waals surface area contributed by atoms with Crippen molar-refractivity contribution in [3.05, 3.63) is 34.9 Å². The minimum Gasteiger partial charge on any atom is -0.298 e. The van der Waals surface area contributed by atoms with Gasteiger partial charge in [-0.05, 0) is 30.0 Å². The fourth-order valence-electron chi connectivity index (χ4n) is 1.39. The number of aryl methyl sites for hydroxylation is 2. The van der Waals surface area contributed by atoms with Crippen LogP contribution in [0.15, 0.2) is 18.2 Å². The lowest BCUT2D eigenvalue weighted by atomic mass is 10.0. The average molecular weight is 192 g/mol. The van der Waals surface area contributed by atoms with E-state index in [2.05, 4.69) is 13.8 Å². The Balaban J connectivity index is 0.000000791. The van der Waals surface area contributed by atoms with Gasteiger partial charge in [0.05, 0.1) is 0 Å². The Kier molecular flexibility index (Phi) is 6.73. The fourth-order valence-corrected chi connectivity index (χ4v) is 1.39. The van der Waals surface area contributed by atoms with E-state index in [0.717, 1.165) is 24.7 Å². The molecule has 0 radical (unpaired) electrons. The second-order valence-electron chi connectivity index (χ2n) is 2.85. The Morgan fingerprint density at radius 2 is 1.64 bits per heavy atom.